The van der Waals surface area contributed by atoms with Gasteiger partial charge in [-0.15, -0.1) is 0 Å². The van der Waals surface area contributed by atoms with Crippen molar-refractivity contribution in [1.29, 1.82) is 5.26 Å². The lowest BCUT2D eigenvalue weighted by Crippen LogP contribution is -2.35. The maximum atomic E-state index is 8.85. The predicted octanol–water partition coefficient (Wildman–Crippen LogP) is 3.84. The molecule has 0 N–H and O–H groups in total. The fourth-order valence-corrected chi connectivity index (χ4v) is 2.64. The minimum Gasteiger partial charge on any atom is -0.371 e. The van der Waals surface area contributed by atoms with E-state index in [2.05, 4.69) is 17.9 Å². The van der Waals surface area contributed by atoms with E-state index < -0.39 is 0 Å². The van der Waals surface area contributed by atoms with E-state index in [9.17, 15) is 0 Å². The molecule has 0 radical (unpaired) electrons. The minimum atomic E-state index is 0.555. The van der Waals surface area contributed by atoms with Gasteiger partial charge >= 0.3 is 0 Å². The lowest BCUT2D eigenvalue weighted by molar-refractivity contribution is 0.405. The van der Waals surface area contributed by atoms with Crippen LogP contribution in [0.25, 0.3) is 0 Å². The molecule has 90 valence electrons. The molecule has 1 aliphatic rings. The highest BCUT2D eigenvalue weighted by Gasteiger charge is 2.19. The van der Waals surface area contributed by atoms with Crippen LogP contribution in [-0.2, 0) is 0 Å². The summed E-state index contributed by atoms with van der Waals surface area (Å²) in [4.78, 5) is 2.38. The van der Waals surface area contributed by atoms with E-state index in [1.807, 2.05) is 18.2 Å². The molecule has 0 amide bonds. The highest BCUT2D eigenvalue weighted by atomic mass is 35.5. The van der Waals surface area contributed by atoms with Crippen molar-refractivity contribution in [3.05, 3.63) is 28.8 Å². The Labute approximate surface area is 108 Å². The van der Waals surface area contributed by atoms with Crippen LogP contribution in [-0.4, -0.2) is 13.1 Å². The van der Waals surface area contributed by atoms with Gasteiger partial charge in [0, 0.05) is 18.8 Å². The van der Waals surface area contributed by atoms with E-state index in [0.717, 1.165) is 24.7 Å². The summed E-state index contributed by atoms with van der Waals surface area (Å²) in [6.45, 7) is 4.46. The summed E-state index contributed by atoms with van der Waals surface area (Å²) in [6.07, 6.45) is 3.81. The maximum absolute atomic E-state index is 8.85. The normalized spacial score (nSPS) is 20.1. The van der Waals surface area contributed by atoms with Crippen molar-refractivity contribution in [1.82, 2.24) is 0 Å². The molecule has 1 aliphatic heterocycles. The van der Waals surface area contributed by atoms with E-state index in [1.165, 1.54) is 19.3 Å². The Hall–Kier alpha value is -1.20. The van der Waals surface area contributed by atoms with Crippen LogP contribution in [0.2, 0.25) is 5.02 Å². The Morgan fingerprint density at radius 3 is 3.00 bits per heavy atom. The molecular weight excluding hydrogens is 232 g/mol. The Kier molecular flexibility index (Phi) is 3.91. The number of anilines is 1. The zero-order chi connectivity index (χ0) is 12.3. The number of nitrogens with zero attached hydrogens (tertiary/aromatic N) is 2. The third kappa shape index (κ3) is 2.73. The summed E-state index contributed by atoms with van der Waals surface area (Å²) in [5.41, 5.74) is 1.70. The van der Waals surface area contributed by atoms with Crippen molar-refractivity contribution in [3.63, 3.8) is 0 Å². The van der Waals surface area contributed by atoms with Crippen molar-refractivity contribution >= 4 is 17.3 Å². The van der Waals surface area contributed by atoms with Crippen molar-refractivity contribution in [2.24, 2.45) is 5.92 Å². The molecule has 1 aromatic carbocycles. The number of halogens is 1. The van der Waals surface area contributed by atoms with Gasteiger partial charge in [0.1, 0.15) is 6.07 Å². The van der Waals surface area contributed by atoms with Crippen molar-refractivity contribution in [2.45, 2.75) is 26.2 Å². The topological polar surface area (TPSA) is 27.0 Å². The van der Waals surface area contributed by atoms with Gasteiger partial charge in [-0.3, -0.25) is 0 Å². The average Bonchev–Trinajstić information content (AvgIpc) is 2.38. The van der Waals surface area contributed by atoms with Gasteiger partial charge in [-0.25, -0.2) is 0 Å². The highest BCUT2D eigenvalue weighted by molar-refractivity contribution is 6.32. The molecule has 1 aromatic rings. The van der Waals surface area contributed by atoms with Gasteiger partial charge in [0.25, 0.3) is 0 Å². The van der Waals surface area contributed by atoms with Gasteiger partial charge < -0.3 is 4.90 Å². The number of nitriles is 1. The van der Waals surface area contributed by atoms with E-state index in [4.69, 9.17) is 16.9 Å². The molecule has 0 spiro atoms. The van der Waals surface area contributed by atoms with Gasteiger partial charge in [0.05, 0.1) is 10.6 Å². The zero-order valence-corrected chi connectivity index (χ0v) is 10.9. The smallest absolute Gasteiger partial charge is 0.101 e. The second kappa shape index (κ2) is 5.42. The van der Waals surface area contributed by atoms with Gasteiger partial charge in [-0.05, 0) is 37.0 Å². The molecule has 17 heavy (non-hydrogen) atoms. The first-order chi connectivity index (χ1) is 8.24. The molecule has 0 aliphatic carbocycles. The fraction of sp³-hybridized carbons (Fsp3) is 0.500. The molecule has 1 atom stereocenters. The van der Waals surface area contributed by atoms with Gasteiger partial charge in [-0.2, -0.15) is 5.26 Å². The molecule has 0 saturated carbocycles. The van der Waals surface area contributed by atoms with Gasteiger partial charge in [-0.1, -0.05) is 24.9 Å². The zero-order valence-electron chi connectivity index (χ0n) is 10.1. The maximum Gasteiger partial charge on any atom is 0.101 e. The first-order valence-corrected chi connectivity index (χ1v) is 6.57. The summed E-state index contributed by atoms with van der Waals surface area (Å²) in [6, 6.07) is 7.82. The van der Waals surface area contributed by atoms with Gasteiger partial charge in [0.15, 0.2) is 0 Å². The Bertz CT molecular complexity index is 436. The van der Waals surface area contributed by atoms with Crippen molar-refractivity contribution in [2.75, 3.05) is 18.0 Å². The second-order valence-electron chi connectivity index (χ2n) is 4.64. The Morgan fingerprint density at radius 1 is 1.53 bits per heavy atom. The molecule has 2 nitrogen and oxygen atoms in total. The van der Waals surface area contributed by atoms with Crippen molar-refractivity contribution in [3.8, 4) is 6.07 Å². The van der Waals surface area contributed by atoms with Crippen LogP contribution < -0.4 is 4.90 Å². The Morgan fingerprint density at radius 2 is 2.35 bits per heavy atom. The van der Waals surface area contributed by atoms with Crippen LogP contribution in [0.3, 0.4) is 0 Å². The molecule has 1 unspecified atom stereocenters. The lowest BCUT2D eigenvalue weighted by Gasteiger charge is -2.34. The number of benzene rings is 1. The average molecular weight is 249 g/mol. The highest BCUT2D eigenvalue weighted by Crippen LogP contribution is 2.28. The lowest BCUT2D eigenvalue weighted by atomic mass is 9.95. The van der Waals surface area contributed by atoms with E-state index in [-0.39, 0.29) is 0 Å². The van der Waals surface area contributed by atoms with Gasteiger partial charge in [0.2, 0.25) is 0 Å². The monoisotopic (exact) mass is 248 g/mol. The summed E-state index contributed by atoms with van der Waals surface area (Å²) in [5, 5.41) is 9.41. The van der Waals surface area contributed by atoms with E-state index >= 15 is 0 Å². The first kappa shape index (κ1) is 12.3. The van der Waals surface area contributed by atoms with Crippen LogP contribution in [0.5, 0.6) is 0 Å². The van der Waals surface area contributed by atoms with Crippen molar-refractivity contribution < 1.29 is 0 Å². The molecule has 3 heteroatoms. The van der Waals surface area contributed by atoms with Crippen LogP contribution in [0.1, 0.15) is 31.7 Å². The van der Waals surface area contributed by atoms with E-state index in [0.29, 0.717) is 10.6 Å². The Balaban J connectivity index is 2.17. The molecule has 0 bridgehead atoms. The standard InChI is InChI=1S/C14H17ClN2/c1-2-11-4-3-7-17(10-11)13-6-5-12(9-16)14(15)8-13/h5-6,8,11H,2-4,7,10H2,1H3. The summed E-state index contributed by atoms with van der Waals surface area (Å²) in [5.74, 6) is 0.790. The predicted molar refractivity (Wildman–Crippen MR) is 71.4 cm³/mol. The molecule has 0 aromatic heterocycles. The second-order valence-corrected chi connectivity index (χ2v) is 5.05. The molecule has 1 heterocycles. The van der Waals surface area contributed by atoms with E-state index in [1.54, 1.807) is 0 Å². The number of hydrogen-bond donors (Lipinski definition) is 0. The quantitative estimate of drug-likeness (QED) is 0.795. The third-order valence-electron chi connectivity index (χ3n) is 3.53. The molecule has 1 fully saturated rings. The van der Waals surface area contributed by atoms with Crippen LogP contribution >= 0.6 is 11.6 Å². The number of piperidine rings is 1. The summed E-state index contributed by atoms with van der Waals surface area (Å²) in [7, 11) is 0. The fourth-order valence-electron chi connectivity index (χ4n) is 2.42. The molecule has 2 rings (SSSR count). The number of hydrogen-bond acceptors (Lipinski definition) is 2. The molecule has 1 saturated heterocycles. The SMILES string of the molecule is CCC1CCCN(c2ccc(C#N)c(Cl)c2)C1. The third-order valence-corrected chi connectivity index (χ3v) is 3.85. The summed E-state index contributed by atoms with van der Waals surface area (Å²) < 4.78 is 0. The first-order valence-electron chi connectivity index (χ1n) is 6.19. The minimum absolute atomic E-state index is 0.555. The van der Waals surface area contributed by atoms with Crippen LogP contribution in [0.15, 0.2) is 18.2 Å². The van der Waals surface area contributed by atoms with Crippen LogP contribution in [0, 0.1) is 17.2 Å². The molecular formula is C14H17ClN2. The summed E-state index contributed by atoms with van der Waals surface area (Å²) >= 11 is 6.07. The van der Waals surface area contributed by atoms with Crippen LogP contribution in [0.4, 0.5) is 5.69 Å². The number of rotatable bonds is 2. The largest absolute Gasteiger partial charge is 0.371 e.